The van der Waals surface area contributed by atoms with Gasteiger partial charge in [-0.05, 0) is 87.9 Å². The fourth-order valence-corrected chi connectivity index (χ4v) is 7.30. The molecule has 0 saturated heterocycles. The molecule has 0 unspecified atom stereocenters. The number of hydrogen-bond acceptors (Lipinski definition) is 2. The first-order chi connectivity index (χ1) is 17.5. The van der Waals surface area contributed by atoms with Gasteiger partial charge in [-0.25, -0.2) is 0 Å². The second-order valence-corrected chi connectivity index (χ2v) is 13.3. The van der Waals surface area contributed by atoms with E-state index < -0.39 is 0 Å². The molecule has 4 aliphatic rings. The molecule has 0 amide bonds. The van der Waals surface area contributed by atoms with Crippen molar-refractivity contribution in [1.29, 1.82) is 0 Å². The lowest BCUT2D eigenvalue weighted by molar-refractivity contribution is 0.234. The number of hydrogen-bond donors (Lipinski definition) is 0. The van der Waals surface area contributed by atoms with Crippen LogP contribution in [0.15, 0.2) is 9.98 Å². The fourth-order valence-electron chi connectivity index (χ4n) is 7.30. The highest BCUT2D eigenvalue weighted by Gasteiger charge is 2.25. The van der Waals surface area contributed by atoms with E-state index in [1.807, 2.05) is 22.5 Å². The Morgan fingerprint density at radius 3 is 1.06 bits per heavy atom. The molecule has 4 nitrogen and oxygen atoms in total. The summed E-state index contributed by atoms with van der Waals surface area (Å²) >= 11 is 0. The first kappa shape index (κ1) is 29.5. The SMILES string of the molecule is CN(C)C=NC1CCC(CC2CCCCC2)CC1.CN(C)C=NC1CCC(CC2CCCCC2)CC1. The Morgan fingerprint density at radius 2 is 0.750 bits per heavy atom. The van der Waals surface area contributed by atoms with E-state index in [2.05, 4.69) is 38.2 Å². The van der Waals surface area contributed by atoms with E-state index in [0.29, 0.717) is 12.1 Å². The van der Waals surface area contributed by atoms with Gasteiger partial charge >= 0.3 is 0 Å². The summed E-state index contributed by atoms with van der Waals surface area (Å²) in [4.78, 5) is 13.4. The van der Waals surface area contributed by atoms with Gasteiger partial charge in [-0.1, -0.05) is 64.2 Å². The summed E-state index contributed by atoms with van der Waals surface area (Å²) in [5.74, 6) is 4.15. The molecular weight excluding hydrogens is 440 g/mol. The second kappa shape index (κ2) is 16.7. The van der Waals surface area contributed by atoms with Gasteiger partial charge in [0.05, 0.1) is 24.8 Å². The van der Waals surface area contributed by atoms with Crippen molar-refractivity contribution in [3.8, 4) is 0 Å². The summed E-state index contributed by atoms with van der Waals surface area (Å²) in [6.07, 6.45) is 33.0. The molecule has 4 heteroatoms. The van der Waals surface area contributed by atoms with E-state index in [1.54, 1.807) is 0 Å². The minimum atomic E-state index is 0.606. The third-order valence-electron chi connectivity index (χ3n) is 9.43. The van der Waals surface area contributed by atoms with Crippen LogP contribution in [0, 0.1) is 23.7 Å². The van der Waals surface area contributed by atoms with Gasteiger partial charge in [-0.2, -0.15) is 0 Å². The van der Waals surface area contributed by atoms with Crippen LogP contribution in [0.1, 0.15) is 128 Å². The summed E-state index contributed by atoms with van der Waals surface area (Å²) in [5.41, 5.74) is 0. The zero-order chi connectivity index (χ0) is 25.6. The molecule has 36 heavy (non-hydrogen) atoms. The van der Waals surface area contributed by atoms with Gasteiger partial charge in [-0.15, -0.1) is 0 Å². The minimum Gasteiger partial charge on any atom is -0.369 e. The number of rotatable bonds is 8. The van der Waals surface area contributed by atoms with Gasteiger partial charge in [0.1, 0.15) is 0 Å². The topological polar surface area (TPSA) is 31.2 Å². The van der Waals surface area contributed by atoms with Crippen LogP contribution in [0.25, 0.3) is 0 Å². The molecule has 0 spiro atoms. The van der Waals surface area contributed by atoms with Crippen LogP contribution >= 0.6 is 0 Å². The van der Waals surface area contributed by atoms with Crippen molar-refractivity contribution in [1.82, 2.24) is 9.80 Å². The smallest absolute Gasteiger partial charge is 0.0848 e. The van der Waals surface area contributed by atoms with E-state index >= 15 is 0 Å². The zero-order valence-electron chi connectivity index (χ0n) is 24.5. The molecule has 208 valence electrons. The highest BCUT2D eigenvalue weighted by Crippen LogP contribution is 2.37. The van der Waals surface area contributed by atoms with E-state index in [-0.39, 0.29) is 0 Å². The van der Waals surface area contributed by atoms with Gasteiger partial charge in [0.2, 0.25) is 0 Å². The Balaban J connectivity index is 0.000000201. The fraction of sp³-hybridized carbons (Fsp3) is 0.938. The average molecular weight is 501 g/mol. The van der Waals surface area contributed by atoms with Crippen LogP contribution in [-0.4, -0.2) is 62.8 Å². The zero-order valence-corrected chi connectivity index (χ0v) is 24.5. The van der Waals surface area contributed by atoms with Crippen LogP contribution < -0.4 is 0 Å². The summed E-state index contributed by atoms with van der Waals surface area (Å²) in [6.45, 7) is 0. The van der Waals surface area contributed by atoms with Crippen LogP contribution in [0.4, 0.5) is 0 Å². The molecule has 0 heterocycles. The Morgan fingerprint density at radius 1 is 0.444 bits per heavy atom. The molecule has 0 atom stereocenters. The van der Waals surface area contributed by atoms with E-state index in [0.717, 1.165) is 23.7 Å². The van der Waals surface area contributed by atoms with Crippen LogP contribution in [0.3, 0.4) is 0 Å². The molecule has 4 aliphatic carbocycles. The van der Waals surface area contributed by atoms with Crippen molar-refractivity contribution in [3.63, 3.8) is 0 Å². The lowest BCUT2D eigenvalue weighted by Crippen LogP contribution is -2.21. The predicted molar refractivity (Wildman–Crippen MR) is 158 cm³/mol. The molecule has 0 aromatic heterocycles. The van der Waals surface area contributed by atoms with Crippen LogP contribution in [0.5, 0.6) is 0 Å². The van der Waals surface area contributed by atoms with E-state index in [9.17, 15) is 0 Å². The van der Waals surface area contributed by atoms with Gasteiger partial charge in [0.25, 0.3) is 0 Å². The summed E-state index contributed by atoms with van der Waals surface area (Å²) in [5, 5.41) is 0. The first-order valence-corrected chi connectivity index (χ1v) is 15.9. The molecule has 4 rings (SSSR count). The van der Waals surface area contributed by atoms with Crippen LogP contribution in [0.2, 0.25) is 0 Å². The summed E-state index contributed by atoms with van der Waals surface area (Å²) < 4.78 is 0. The maximum Gasteiger partial charge on any atom is 0.0848 e. The second-order valence-electron chi connectivity index (χ2n) is 13.3. The van der Waals surface area contributed by atoms with Crippen molar-refractivity contribution in [2.75, 3.05) is 28.2 Å². The number of aliphatic imine (C=N–C) groups is 2. The van der Waals surface area contributed by atoms with Gasteiger partial charge in [0.15, 0.2) is 0 Å². The van der Waals surface area contributed by atoms with Gasteiger partial charge in [0, 0.05) is 28.2 Å². The monoisotopic (exact) mass is 500 g/mol. The molecule has 0 aromatic rings. The Bertz CT molecular complexity index is 546. The quantitative estimate of drug-likeness (QED) is 0.248. The molecule has 0 N–H and O–H groups in total. The lowest BCUT2D eigenvalue weighted by Gasteiger charge is -2.31. The van der Waals surface area contributed by atoms with Gasteiger partial charge < -0.3 is 9.80 Å². The first-order valence-electron chi connectivity index (χ1n) is 15.9. The predicted octanol–water partition coefficient (Wildman–Crippen LogP) is 8.21. The molecule has 0 aliphatic heterocycles. The maximum absolute atomic E-state index is 4.66. The van der Waals surface area contributed by atoms with Crippen molar-refractivity contribution in [2.45, 2.75) is 141 Å². The standard InChI is InChI=1S/2C16H30N2/c2*1-18(2)13-17-16-10-8-15(9-11-16)12-14-6-4-3-5-7-14/h2*13-16H,3-12H2,1-2H3. The highest BCUT2D eigenvalue weighted by molar-refractivity contribution is 5.54. The average Bonchev–Trinajstić information content (AvgIpc) is 2.89. The van der Waals surface area contributed by atoms with Crippen molar-refractivity contribution >= 4 is 12.7 Å². The Hall–Kier alpha value is -1.06. The molecule has 0 bridgehead atoms. The van der Waals surface area contributed by atoms with Crippen LogP contribution in [-0.2, 0) is 0 Å². The highest BCUT2D eigenvalue weighted by atomic mass is 15.1. The van der Waals surface area contributed by atoms with Crippen molar-refractivity contribution in [3.05, 3.63) is 0 Å². The molecule has 4 fully saturated rings. The minimum absolute atomic E-state index is 0.606. The van der Waals surface area contributed by atoms with Crippen molar-refractivity contribution < 1.29 is 0 Å². The molecule has 0 aromatic carbocycles. The van der Waals surface area contributed by atoms with Crippen molar-refractivity contribution in [2.24, 2.45) is 33.7 Å². The summed E-state index contributed by atoms with van der Waals surface area (Å²) in [7, 11) is 8.22. The summed E-state index contributed by atoms with van der Waals surface area (Å²) in [6, 6.07) is 1.21. The number of nitrogens with zero attached hydrogens (tertiary/aromatic N) is 4. The Kier molecular flexibility index (Phi) is 13.7. The normalized spacial score (nSPS) is 30.8. The third kappa shape index (κ3) is 12.0. The van der Waals surface area contributed by atoms with E-state index in [4.69, 9.17) is 0 Å². The molecule has 0 radical (unpaired) electrons. The van der Waals surface area contributed by atoms with E-state index in [1.165, 1.54) is 128 Å². The van der Waals surface area contributed by atoms with Gasteiger partial charge in [-0.3, -0.25) is 9.98 Å². The Labute approximate surface area is 224 Å². The molecule has 4 saturated carbocycles. The maximum atomic E-state index is 4.66. The lowest BCUT2D eigenvalue weighted by atomic mass is 9.77. The largest absolute Gasteiger partial charge is 0.369 e. The molecular formula is C32H60N4. The third-order valence-corrected chi connectivity index (χ3v) is 9.43.